The Labute approximate surface area is 165 Å². The highest BCUT2D eigenvalue weighted by Crippen LogP contribution is 2.15. The summed E-state index contributed by atoms with van der Waals surface area (Å²) in [5, 5.41) is 10.6. The Hall–Kier alpha value is -1.64. The molecule has 0 saturated carbocycles. The first-order chi connectivity index (χ1) is 11.7. The van der Waals surface area contributed by atoms with Gasteiger partial charge in [0.1, 0.15) is 11.6 Å². The smallest absolute Gasteiger partial charge is 0.191 e. The summed E-state index contributed by atoms with van der Waals surface area (Å²) in [4.78, 5) is 4.51. The quantitative estimate of drug-likeness (QED) is 0.375. The van der Waals surface area contributed by atoms with Crippen molar-refractivity contribution in [2.75, 3.05) is 6.54 Å². The molecular weight excluding hydrogens is 434 g/mol. The Kier molecular flexibility index (Phi) is 9.48. The van der Waals surface area contributed by atoms with Crippen molar-refractivity contribution in [3.63, 3.8) is 0 Å². The van der Waals surface area contributed by atoms with E-state index in [0.29, 0.717) is 19.0 Å². The van der Waals surface area contributed by atoms with Crippen molar-refractivity contribution in [2.24, 2.45) is 4.99 Å². The van der Waals surface area contributed by atoms with E-state index >= 15 is 0 Å². The van der Waals surface area contributed by atoms with Gasteiger partial charge in [-0.1, -0.05) is 31.1 Å². The number of nitrogens with one attached hydrogen (secondary N) is 2. The average Bonchev–Trinajstić information content (AvgIpc) is 2.99. The summed E-state index contributed by atoms with van der Waals surface area (Å²) in [7, 11) is 0. The van der Waals surface area contributed by atoms with Crippen molar-refractivity contribution in [3.8, 4) is 0 Å². The van der Waals surface area contributed by atoms with Gasteiger partial charge in [0.2, 0.25) is 0 Å². The molecule has 1 heterocycles. The summed E-state index contributed by atoms with van der Waals surface area (Å²) in [6.45, 7) is 7.88. The Morgan fingerprint density at radius 2 is 2.00 bits per heavy atom. The summed E-state index contributed by atoms with van der Waals surface area (Å²) in [6.07, 6.45) is 1.64. The number of guanidine groups is 1. The van der Waals surface area contributed by atoms with Crippen LogP contribution < -0.4 is 10.6 Å². The second-order valence-electron chi connectivity index (χ2n) is 5.42. The largest absolute Gasteiger partial charge is 0.361 e. The van der Waals surface area contributed by atoms with Gasteiger partial charge in [0.15, 0.2) is 5.96 Å². The Bertz CT molecular complexity index is 666. The lowest BCUT2D eigenvalue weighted by molar-refractivity contribution is 0.380. The highest BCUT2D eigenvalue weighted by Gasteiger charge is 2.13. The molecule has 0 aliphatic rings. The zero-order valence-corrected chi connectivity index (χ0v) is 17.3. The van der Waals surface area contributed by atoms with E-state index in [-0.39, 0.29) is 29.8 Å². The minimum absolute atomic E-state index is 0. The van der Waals surface area contributed by atoms with E-state index in [1.54, 1.807) is 6.07 Å². The lowest BCUT2D eigenvalue weighted by Gasteiger charge is -2.11. The molecule has 2 N–H and O–H groups in total. The van der Waals surface area contributed by atoms with E-state index in [2.05, 4.69) is 27.7 Å². The second-order valence-corrected chi connectivity index (χ2v) is 5.42. The van der Waals surface area contributed by atoms with Gasteiger partial charge in [0.05, 0.1) is 12.2 Å². The number of nitrogens with zero attached hydrogens (tertiary/aromatic N) is 2. The topological polar surface area (TPSA) is 62.5 Å². The molecule has 1 aromatic carbocycles. The van der Waals surface area contributed by atoms with Crippen LogP contribution in [0, 0.1) is 5.82 Å². The Morgan fingerprint density at radius 3 is 2.64 bits per heavy atom. The fourth-order valence-corrected chi connectivity index (χ4v) is 2.46. The van der Waals surface area contributed by atoms with Crippen molar-refractivity contribution >= 4 is 29.9 Å². The van der Waals surface area contributed by atoms with Crippen molar-refractivity contribution in [1.82, 2.24) is 15.8 Å². The molecule has 0 aliphatic heterocycles. The number of aliphatic imine (C=N–C) groups is 1. The fourth-order valence-electron chi connectivity index (χ4n) is 2.46. The van der Waals surface area contributed by atoms with E-state index < -0.39 is 0 Å². The van der Waals surface area contributed by atoms with Gasteiger partial charge in [-0.15, -0.1) is 24.0 Å². The Morgan fingerprint density at radius 1 is 1.20 bits per heavy atom. The van der Waals surface area contributed by atoms with Gasteiger partial charge >= 0.3 is 0 Å². The molecular formula is C18H26FIN4O. The standard InChI is InChI=1S/C18H25FN4O.HI/c1-4-16-15(17(5-2)24-23-16)12-22-18(20-6-3)21-11-13-8-7-9-14(19)10-13;/h7-10H,4-6,11-12H2,1-3H3,(H2,20,21,22);1H. The van der Waals surface area contributed by atoms with Gasteiger partial charge in [-0.3, -0.25) is 0 Å². The first-order valence-electron chi connectivity index (χ1n) is 8.40. The number of aryl methyl sites for hydroxylation is 2. The number of hydrogen-bond acceptors (Lipinski definition) is 3. The van der Waals surface area contributed by atoms with Crippen molar-refractivity contribution in [1.29, 1.82) is 0 Å². The SMILES string of the molecule is CCNC(=NCc1cccc(F)c1)NCc1c(CC)noc1CC.I. The third-order valence-corrected chi connectivity index (χ3v) is 3.69. The van der Waals surface area contributed by atoms with Gasteiger partial charge in [-0.2, -0.15) is 0 Å². The molecule has 25 heavy (non-hydrogen) atoms. The van der Waals surface area contributed by atoms with Crippen LogP contribution in [0.4, 0.5) is 4.39 Å². The summed E-state index contributed by atoms with van der Waals surface area (Å²) in [5.41, 5.74) is 2.90. The zero-order valence-electron chi connectivity index (χ0n) is 14.9. The summed E-state index contributed by atoms with van der Waals surface area (Å²) >= 11 is 0. The zero-order chi connectivity index (χ0) is 17.4. The molecule has 0 aliphatic carbocycles. The van der Waals surface area contributed by atoms with Crippen molar-refractivity contribution in [3.05, 3.63) is 52.7 Å². The van der Waals surface area contributed by atoms with Gasteiger partial charge in [-0.05, 0) is 31.0 Å². The van der Waals surface area contributed by atoms with Gasteiger partial charge < -0.3 is 15.2 Å². The lowest BCUT2D eigenvalue weighted by atomic mass is 10.1. The molecule has 0 radical (unpaired) electrons. The first kappa shape index (κ1) is 21.4. The molecule has 0 bridgehead atoms. The van der Waals surface area contributed by atoms with Gasteiger partial charge in [-0.25, -0.2) is 9.38 Å². The highest BCUT2D eigenvalue weighted by molar-refractivity contribution is 14.0. The summed E-state index contributed by atoms with van der Waals surface area (Å²) in [5.74, 6) is 1.35. The monoisotopic (exact) mass is 460 g/mol. The second kappa shape index (κ2) is 11.1. The Balaban J connectivity index is 0.00000312. The first-order valence-corrected chi connectivity index (χ1v) is 8.40. The van der Waals surface area contributed by atoms with Gasteiger partial charge in [0, 0.05) is 25.1 Å². The van der Waals surface area contributed by atoms with E-state index in [1.807, 2.05) is 19.9 Å². The molecule has 0 amide bonds. The van der Waals surface area contributed by atoms with Crippen molar-refractivity contribution < 1.29 is 8.91 Å². The third kappa shape index (κ3) is 6.30. The molecule has 0 atom stereocenters. The average molecular weight is 460 g/mol. The minimum atomic E-state index is -0.245. The fraction of sp³-hybridized carbons (Fsp3) is 0.444. The van der Waals surface area contributed by atoms with E-state index in [4.69, 9.17) is 4.52 Å². The predicted molar refractivity (Wildman–Crippen MR) is 109 cm³/mol. The van der Waals surface area contributed by atoms with Crippen LogP contribution in [-0.4, -0.2) is 17.7 Å². The molecule has 0 fully saturated rings. The number of halogens is 2. The van der Waals surface area contributed by atoms with E-state index in [0.717, 1.165) is 42.0 Å². The molecule has 7 heteroatoms. The molecule has 0 spiro atoms. The third-order valence-electron chi connectivity index (χ3n) is 3.69. The van der Waals surface area contributed by atoms with Crippen molar-refractivity contribution in [2.45, 2.75) is 46.7 Å². The van der Waals surface area contributed by atoms with Crippen LogP contribution in [0.25, 0.3) is 0 Å². The summed E-state index contributed by atoms with van der Waals surface area (Å²) in [6, 6.07) is 6.48. The van der Waals surface area contributed by atoms with Crippen LogP contribution in [0.5, 0.6) is 0 Å². The van der Waals surface area contributed by atoms with Crippen LogP contribution in [-0.2, 0) is 25.9 Å². The number of benzene rings is 1. The highest BCUT2D eigenvalue weighted by atomic mass is 127. The maximum Gasteiger partial charge on any atom is 0.191 e. The maximum absolute atomic E-state index is 13.2. The maximum atomic E-state index is 13.2. The normalized spacial score (nSPS) is 11.1. The van der Waals surface area contributed by atoms with E-state index in [9.17, 15) is 4.39 Å². The molecule has 0 saturated heterocycles. The predicted octanol–water partition coefficient (Wildman–Crippen LogP) is 3.81. The molecule has 5 nitrogen and oxygen atoms in total. The number of aromatic nitrogens is 1. The molecule has 138 valence electrons. The van der Waals surface area contributed by atoms with Gasteiger partial charge in [0.25, 0.3) is 0 Å². The number of hydrogen-bond donors (Lipinski definition) is 2. The molecule has 2 aromatic rings. The number of rotatable bonds is 7. The van der Waals surface area contributed by atoms with Crippen LogP contribution in [0.15, 0.2) is 33.8 Å². The molecule has 1 aromatic heterocycles. The van der Waals surface area contributed by atoms with Crippen LogP contribution in [0.3, 0.4) is 0 Å². The van der Waals surface area contributed by atoms with Crippen LogP contribution >= 0.6 is 24.0 Å². The summed E-state index contributed by atoms with van der Waals surface area (Å²) < 4.78 is 18.6. The lowest BCUT2D eigenvalue weighted by Crippen LogP contribution is -2.37. The minimum Gasteiger partial charge on any atom is -0.361 e. The molecule has 2 rings (SSSR count). The van der Waals surface area contributed by atoms with Crippen LogP contribution in [0.2, 0.25) is 0 Å². The van der Waals surface area contributed by atoms with E-state index in [1.165, 1.54) is 12.1 Å². The molecule has 0 unspecified atom stereocenters. The van der Waals surface area contributed by atoms with Crippen LogP contribution in [0.1, 0.15) is 43.4 Å².